The fourth-order valence-corrected chi connectivity index (χ4v) is 1.58. The maximum absolute atomic E-state index is 12.9. The van der Waals surface area contributed by atoms with E-state index in [1.165, 1.54) is 18.2 Å². The van der Waals surface area contributed by atoms with Crippen LogP contribution in [0.15, 0.2) is 30.4 Å². The summed E-state index contributed by atoms with van der Waals surface area (Å²) in [5, 5.41) is 10.7. The topological polar surface area (TPSA) is 48.9 Å². The van der Waals surface area contributed by atoms with Gasteiger partial charge in [0.05, 0.1) is 0 Å². The van der Waals surface area contributed by atoms with E-state index in [1.807, 2.05) is 12.2 Å². The summed E-state index contributed by atoms with van der Waals surface area (Å²) in [7, 11) is 0. The molecule has 0 spiro atoms. The van der Waals surface area contributed by atoms with E-state index in [2.05, 4.69) is 0 Å². The third kappa shape index (κ3) is 2.34. The number of hydrogen-bond acceptors (Lipinski definition) is 2. The Kier molecular flexibility index (Phi) is 2.99. The quantitative estimate of drug-likeness (QED) is 0.467. The summed E-state index contributed by atoms with van der Waals surface area (Å²) >= 11 is 0. The smallest absolute Gasteiger partial charge is 0.183 e. The van der Waals surface area contributed by atoms with Crippen LogP contribution in [0.5, 0.6) is 5.75 Å². The lowest BCUT2D eigenvalue weighted by Gasteiger charge is -2.15. The van der Waals surface area contributed by atoms with Gasteiger partial charge < -0.3 is 15.4 Å². The molecule has 1 aliphatic rings. The molecule has 4 heteroatoms. The summed E-state index contributed by atoms with van der Waals surface area (Å²) in [5.74, 6) is -0.0553. The molecule has 80 valence electrons. The van der Waals surface area contributed by atoms with Gasteiger partial charge in [0, 0.05) is 25.0 Å². The predicted octanol–water partition coefficient (Wildman–Crippen LogP) is 1.62. The van der Waals surface area contributed by atoms with Gasteiger partial charge in [-0.1, -0.05) is 12.2 Å². The van der Waals surface area contributed by atoms with E-state index >= 15 is 0 Å². The number of benzene rings is 1. The van der Waals surface area contributed by atoms with Crippen LogP contribution in [0.25, 0.3) is 0 Å². The van der Waals surface area contributed by atoms with E-state index in [4.69, 9.17) is 4.74 Å². The largest absolute Gasteiger partial charge is 0.630 e. The van der Waals surface area contributed by atoms with Gasteiger partial charge in [-0.3, -0.25) is 0 Å². The van der Waals surface area contributed by atoms with Crippen molar-refractivity contribution < 1.29 is 14.6 Å². The second-order valence-corrected chi connectivity index (χ2v) is 3.48. The van der Waals surface area contributed by atoms with E-state index in [0.717, 1.165) is 12.8 Å². The van der Waals surface area contributed by atoms with Crippen LogP contribution in [0, 0.1) is 11.0 Å². The second kappa shape index (κ2) is 4.42. The first-order valence-electron chi connectivity index (χ1n) is 4.86. The van der Waals surface area contributed by atoms with Crippen molar-refractivity contribution in [2.75, 3.05) is 0 Å². The van der Waals surface area contributed by atoms with E-state index in [9.17, 15) is 9.60 Å². The zero-order valence-electron chi connectivity index (χ0n) is 8.15. The molecule has 1 aromatic carbocycles. The fraction of sp³-hybridized carbons (Fsp3) is 0.273. The van der Waals surface area contributed by atoms with Crippen LogP contribution in [0.1, 0.15) is 12.8 Å². The van der Waals surface area contributed by atoms with Crippen molar-refractivity contribution in [3.8, 4) is 5.75 Å². The summed E-state index contributed by atoms with van der Waals surface area (Å²) in [5.41, 5.74) is 1.07. The van der Waals surface area contributed by atoms with Crippen molar-refractivity contribution >= 4 is 5.69 Å². The second-order valence-electron chi connectivity index (χ2n) is 3.48. The lowest BCUT2D eigenvalue weighted by Crippen LogP contribution is -2.70. The fourth-order valence-electron chi connectivity index (χ4n) is 1.58. The molecule has 2 rings (SSSR count). The van der Waals surface area contributed by atoms with Gasteiger partial charge in [-0.25, -0.2) is 4.39 Å². The highest BCUT2D eigenvalue weighted by Gasteiger charge is 2.15. The lowest BCUT2D eigenvalue weighted by atomic mass is 10.2. The third-order valence-electron chi connectivity index (χ3n) is 2.36. The molecule has 0 radical (unpaired) electrons. The number of hydrogen-bond donors (Lipinski definition) is 1. The van der Waals surface area contributed by atoms with Crippen molar-refractivity contribution in [1.29, 1.82) is 0 Å². The van der Waals surface area contributed by atoms with Crippen molar-refractivity contribution in [2.24, 2.45) is 0 Å². The Labute approximate surface area is 87.1 Å². The van der Waals surface area contributed by atoms with Gasteiger partial charge in [0.15, 0.2) is 11.4 Å². The van der Waals surface area contributed by atoms with E-state index in [0.29, 0.717) is 16.9 Å². The summed E-state index contributed by atoms with van der Waals surface area (Å²) in [6.45, 7) is 0. The average molecular weight is 209 g/mol. The Hall–Kier alpha value is -1.39. The Morgan fingerprint density at radius 2 is 2.07 bits per heavy atom. The number of rotatable bonds is 3. The van der Waals surface area contributed by atoms with Crippen molar-refractivity contribution in [3.63, 3.8) is 0 Å². The summed E-state index contributed by atoms with van der Waals surface area (Å²) < 4.78 is 18.5. The molecule has 2 N–H and O–H groups in total. The molecule has 0 aromatic heterocycles. The Morgan fingerprint density at radius 1 is 1.33 bits per heavy atom. The van der Waals surface area contributed by atoms with Crippen LogP contribution in [0.4, 0.5) is 10.1 Å². The molecule has 0 fully saturated rings. The van der Waals surface area contributed by atoms with E-state index < -0.39 is 0 Å². The number of ether oxygens (including phenoxy) is 1. The lowest BCUT2D eigenvalue weighted by molar-refractivity contribution is -0.498. The van der Waals surface area contributed by atoms with Crippen LogP contribution in [0.2, 0.25) is 0 Å². The molecule has 0 saturated heterocycles. The molecule has 3 nitrogen and oxygen atoms in total. The number of nitrogens with two attached hydrogens (primary N) is 1. The van der Waals surface area contributed by atoms with Crippen LogP contribution >= 0.6 is 0 Å². The van der Waals surface area contributed by atoms with Crippen LogP contribution in [0.3, 0.4) is 0 Å². The first kappa shape index (κ1) is 10.1. The van der Waals surface area contributed by atoms with Gasteiger partial charge in [-0.15, -0.1) is 0 Å². The molecule has 0 saturated carbocycles. The molecule has 0 bridgehead atoms. The van der Waals surface area contributed by atoms with Gasteiger partial charge in [0.25, 0.3) is 0 Å². The van der Waals surface area contributed by atoms with Crippen molar-refractivity contribution in [1.82, 2.24) is 0 Å². The summed E-state index contributed by atoms with van der Waals surface area (Å²) in [6, 6.07) is 3.94. The first-order valence-corrected chi connectivity index (χ1v) is 4.86. The molecule has 1 aromatic rings. The monoisotopic (exact) mass is 209 g/mol. The molecule has 0 unspecified atom stereocenters. The standard InChI is InChI=1S/C11H12FNO2/c12-8-5-6-10(13-14)11(7-8)15-9-3-1-2-4-9/h1-2,5-7,9H,3-4,13H2. The molecule has 1 aliphatic carbocycles. The maximum atomic E-state index is 12.9. The molecule has 0 amide bonds. The van der Waals surface area contributed by atoms with E-state index in [-0.39, 0.29) is 11.9 Å². The Bertz CT molecular complexity index is 371. The van der Waals surface area contributed by atoms with Crippen molar-refractivity contribution in [2.45, 2.75) is 18.9 Å². The summed E-state index contributed by atoms with van der Waals surface area (Å²) in [4.78, 5) is 0. The highest BCUT2D eigenvalue weighted by Crippen LogP contribution is 2.25. The predicted molar refractivity (Wildman–Crippen MR) is 54.1 cm³/mol. The van der Waals surface area contributed by atoms with Gasteiger partial charge in [0.1, 0.15) is 11.9 Å². The minimum Gasteiger partial charge on any atom is -0.630 e. The van der Waals surface area contributed by atoms with Gasteiger partial charge in [0.2, 0.25) is 0 Å². The zero-order valence-corrected chi connectivity index (χ0v) is 8.15. The van der Waals surface area contributed by atoms with Crippen LogP contribution in [-0.4, -0.2) is 6.10 Å². The maximum Gasteiger partial charge on any atom is 0.183 e. The number of quaternary nitrogens is 1. The third-order valence-corrected chi connectivity index (χ3v) is 2.36. The van der Waals surface area contributed by atoms with Crippen LogP contribution in [-0.2, 0) is 0 Å². The molecule has 0 atom stereocenters. The van der Waals surface area contributed by atoms with Gasteiger partial charge >= 0.3 is 0 Å². The highest BCUT2D eigenvalue weighted by atomic mass is 19.1. The molecule has 15 heavy (non-hydrogen) atoms. The summed E-state index contributed by atoms with van der Waals surface area (Å²) in [6.07, 6.45) is 5.70. The SMILES string of the molecule is [O-][NH2+]c1ccc(F)cc1OC1CC=CC1. The molecule has 0 aliphatic heterocycles. The normalized spacial score (nSPS) is 15.9. The van der Waals surface area contributed by atoms with Gasteiger partial charge in [-0.05, 0) is 6.07 Å². The Morgan fingerprint density at radius 3 is 2.73 bits per heavy atom. The molecule has 0 heterocycles. The molecular weight excluding hydrogens is 197 g/mol. The Balaban J connectivity index is 2.14. The molecular formula is C11H12FNO2. The number of halogens is 1. The van der Waals surface area contributed by atoms with Crippen LogP contribution < -0.4 is 10.2 Å². The minimum absolute atomic E-state index is 0.0329. The van der Waals surface area contributed by atoms with Crippen molar-refractivity contribution in [3.05, 3.63) is 41.4 Å². The van der Waals surface area contributed by atoms with E-state index in [1.54, 1.807) is 0 Å². The first-order chi connectivity index (χ1) is 7.29. The highest BCUT2D eigenvalue weighted by molar-refractivity contribution is 5.45. The zero-order chi connectivity index (χ0) is 10.7. The van der Waals surface area contributed by atoms with Gasteiger partial charge in [-0.2, -0.15) is 0 Å². The minimum atomic E-state index is -0.387. The average Bonchev–Trinajstić information content (AvgIpc) is 2.71.